The van der Waals surface area contributed by atoms with E-state index in [4.69, 9.17) is 25.8 Å². The standard InChI is InChI=1S/C12H17ClO4/c1-15-10-5-7-12(16-2,8-6-10)17-11(14)4-3-9-13/h5-7H,3-4,8-9H2,1-2H3. The van der Waals surface area contributed by atoms with Crippen molar-refractivity contribution in [2.75, 3.05) is 20.1 Å². The highest BCUT2D eigenvalue weighted by atomic mass is 35.5. The maximum absolute atomic E-state index is 11.5. The average Bonchev–Trinajstić information content (AvgIpc) is 2.37. The predicted molar refractivity (Wildman–Crippen MR) is 64.6 cm³/mol. The van der Waals surface area contributed by atoms with E-state index in [0.29, 0.717) is 25.1 Å². The van der Waals surface area contributed by atoms with Crippen molar-refractivity contribution in [3.05, 3.63) is 24.0 Å². The molecule has 0 amide bonds. The van der Waals surface area contributed by atoms with Gasteiger partial charge in [0.1, 0.15) is 5.76 Å². The second-order valence-corrected chi connectivity index (χ2v) is 4.01. The number of carbonyl (C=O) groups excluding carboxylic acids is 1. The Kier molecular flexibility index (Phi) is 5.51. The molecule has 0 aromatic heterocycles. The van der Waals surface area contributed by atoms with Gasteiger partial charge >= 0.3 is 5.97 Å². The first-order valence-corrected chi connectivity index (χ1v) is 5.95. The van der Waals surface area contributed by atoms with Crippen LogP contribution in [0.5, 0.6) is 0 Å². The van der Waals surface area contributed by atoms with E-state index in [1.54, 1.807) is 19.3 Å². The van der Waals surface area contributed by atoms with Crippen molar-refractivity contribution < 1.29 is 19.0 Å². The number of ether oxygens (including phenoxy) is 3. The van der Waals surface area contributed by atoms with Crippen LogP contribution in [0.25, 0.3) is 0 Å². The number of carbonyl (C=O) groups is 1. The largest absolute Gasteiger partial charge is 0.497 e. The fourth-order valence-corrected chi connectivity index (χ4v) is 1.60. The summed E-state index contributed by atoms with van der Waals surface area (Å²) in [7, 11) is 3.09. The number of hydrogen-bond donors (Lipinski definition) is 0. The lowest BCUT2D eigenvalue weighted by atomic mass is 10.1. The van der Waals surface area contributed by atoms with Crippen molar-refractivity contribution in [2.24, 2.45) is 0 Å². The van der Waals surface area contributed by atoms with Crippen LogP contribution >= 0.6 is 11.6 Å². The Morgan fingerprint density at radius 2 is 2.29 bits per heavy atom. The fraction of sp³-hybridized carbons (Fsp3) is 0.583. The van der Waals surface area contributed by atoms with Crippen molar-refractivity contribution in [3.63, 3.8) is 0 Å². The van der Waals surface area contributed by atoms with E-state index in [1.807, 2.05) is 6.08 Å². The summed E-state index contributed by atoms with van der Waals surface area (Å²) >= 11 is 5.52. The van der Waals surface area contributed by atoms with Gasteiger partial charge < -0.3 is 14.2 Å². The van der Waals surface area contributed by atoms with Crippen LogP contribution < -0.4 is 0 Å². The molecule has 1 aliphatic carbocycles. The molecule has 1 atom stereocenters. The van der Waals surface area contributed by atoms with Crippen molar-refractivity contribution in [3.8, 4) is 0 Å². The molecule has 1 rings (SSSR count). The molecule has 1 unspecified atom stereocenters. The zero-order valence-corrected chi connectivity index (χ0v) is 10.8. The van der Waals surface area contributed by atoms with Gasteiger partial charge in [-0.25, -0.2) is 0 Å². The highest BCUT2D eigenvalue weighted by Gasteiger charge is 2.32. The molecule has 0 fully saturated rings. The van der Waals surface area contributed by atoms with Crippen LogP contribution in [0.15, 0.2) is 24.0 Å². The minimum absolute atomic E-state index is 0.295. The third-order valence-corrected chi connectivity index (χ3v) is 2.74. The lowest BCUT2D eigenvalue weighted by Crippen LogP contribution is -2.36. The van der Waals surface area contributed by atoms with Crippen LogP contribution in [0, 0.1) is 0 Å². The van der Waals surface area contributed by atoms with Crippen molar-refractivity contribution >= 4 is 17.6 Å². The molecule has 4 nitrogen and oxygen atoms in total. The van der Waals surface area contributed by atoms with E-state index in [9.17, 15) is 4.79 Å². The number of rotatable bonds is 6. The minimum Gasteiger partial charge on any atom is -0.497 e. The average molecular weight is 261 g/mol. The molecule has 0 saturated heterocycles. The molecule has 0 bridgehead atoms. The summed E-state index contributed by atoms with van der Waals surface area (Å²) in [6.07, 6.45) is 6.56. The molecular formula is C12H17ClO4. The fourth-order valence-electron chi connectivity index (χ4n) is 1.46. The Balaban J connectivity index is 2.57. The van der Waals surface area contributed by atoms with Crippen LogP contribution in [-0.4, -0.2) is 31.9 Å². The molecule has 0 radical (unpaired) electrons. The Labute approximate surface area is 106 Å². The molecule has 0 saturated carbocycles. The van der Waals surface area contributed by atoms with Gasteiger partial charge in [-0.05, 0) is 24.6 Å². The van der Waals surface area contributed by atoms with Gasteiger partial charge in [0.25, 0.3) is 0 Å². The van der Waals surface area contributed by atoms with Gasteiger partial charge in [0.15, 0.2) is 0 Å². The smallest absolute Gasteiger partial charge is 0.308 e. The first-order valence-electron chi connectivity index (χ1n) is 5.42. The summed E-state index contributed by atoms with van der Waals surface area (Å²) in [5.74, 6) is -0.148. The zero-order chi connectivity index (χ0) is 12.7. The summed E-state index contributed by atoms with van der Waals surface area (Å²) in [6.45, 7) is 0. The number of alkyl halides is 1. The summed E-state index contributed by atoms with van der Waals surface area (Å²) in [6, 6.07) is 0. The number of methoxy groups -OCH3 is 2. The van der Waals surface area contributed by atoms with Crippen LogP contribution in [0.3, 0.4) is 0 Å². The van der Waals surface area contributed by atoms with Gasteiger partial charge in [-0.1, -0.05) is 0 Å². The number of allylic oxidation sites excluding steroid dienone is 1. The van der Waals surface area contributed by atoms with E-state index >= 15 is 0 Å². The lowest BCUT2D eigenvalue weighted by molar-refractivity contribution is -0.200. The van der Waals surface area contributed by atoms with E-state index in [1.165, 1.54) is 7.11 Å². The molecule has 0 N–H and O–H groups in total. The SMILES string of the molecule is COC1=CCC(OC)(OC(=O)CCCCl)C=C1. The number of esters is 1. The molecule has 1 aliphatic rings. The van der Waals surface area contributed by atoms with E-state index < -0.39 is 5.79 Å². The molecule has 96 valence electrons. The topological polar surface area (TPSA) is 44.8 Å². The molecule has 0 aliphatic heterocycles. The first kappa shape index (κ1) is 14.1. The summed E-state index contributed by atoms with van der Waals surface area (Å²) in [4.78, 5) is 11.5. The summed E-state index contributed by atoms with van der Waals surface area (Å²) < 4.78 is 15.6. The van der Waals surface area contributed by atoms with Crippen LogP contribution in [0.1, 0.15) is 19.3 Å². The minimum atomic E-state index is -1.01. The third kappa shape index (κ3) is 4.06. The molecule has 0 aromatic rings. The Morgan fingerprint density at radius 1 is 1.53 bits per heavy atom. The van der Waals surface area contributed by atoms with Crippen molar-refractivity contribution in [1.29, 1.82) is 0 Å². The second-order valence-electron chi connectivity index (χ2n) is 3.63. The molecule has 5 heteroatoms. The molecule has 0 spiro atoms. The van der Waals surface area contributed by atoms with E-state index in [0.717, 1.165) is 5.76 Å². The Bertz CT molecular complexity index is 324. The Hall–Kier alpha value is -1.00. The third-order valence-electron chi connectivity index (χ3n) is 2.47. The van der Waals surface area contributed by atoms with Crippen molar-refractivity contribution in [2.45, 2.75) is 25.0 Å². The Morgan fingerprint density at radius 3 is 2.76 bits per heavy atom. The van der Waals surface area contributed by atoms with Crippen molar-refractivity contribution in [1.82, 2.24) is 0 Å². The van der Waals surface area contributed by atoms with E-state index in [-0.39, 0.29) is 5.97 Å². The maximum atomic E-state index is 11.5. The highest BCUT2D eigenvalue weighted by molar-refractivity contribution is 6.17. The van der Waals surface area contributed by atoms with Gasteiger partial charge in [0, 0.05) is 25.8 Å². The van der Waals surface area contributed by atoms with Crippen LogP contribution in [0.4, 0.5) is 0 Å². The van der Waals surface area contributed by atoms with Gasteiger partial charge in [0.2, 0.25) is 5.79 Å². The van der Waals surface area contributed by atoms with Crippen LogP contribution in [0.2, 0.25) is 0 Å². The zero-order valence-electron chi connectivity index (χ0n) is 10.1. The van der Waals surface area contributed by atoms with E-state index in [2.05, 4.69) is 0 Å². The molecular weight excluding hydrogens is 244 g/mol. The summed E-state index contributed by atoms with van der Waals surface area (Å²) in [5, 5.41) is 0. The highest BCUT2D eigenvalue weighted by Crippen LogP contribution is 2.26. The van der Waals surface area contributed by atoms with Gasteiger partial charge in [-0.15, -0.1) is 11.6 Å². The second kappa shape index (κ2) is 6.67. The quantitative estimate of drug-likeness (QED) is 0.418. The normalized spacial score (nSPS) is 23.1. The first-order chi connectivity index (χ1) is 8.15. The van der Waals surface area contributed by atoms with Gasteiger partial charge in [-0.3, -0.25) is 4.79 Å². The number of hydrogen-bond acceptors (Lipinski definition) is 4. The van der Waals surface area contributed by atoms with Crippen LogP contribution in [-0.2, 0) is 19.0 Å². The lowest BCUT2D eigenvalue weighted by Gasteiger charge is -2.30. The molecule has 0 heterocycles. The monoisotopic (exact) mass is 260 g/mol. The molecule has 0 aromatic carbocycles. The van der Waals surface area contributed by atoms with Gasteiger partial charge in [-0.2, -0.15) is 0 Å². The maximum Gasteiger partial charge on any atom is 0.308 e. The predicted octanol–water partition coefficient (Wildman–Crippen LogP) is 2.38. The number of halogens is 1. The summed E-state index contributed by atoms with van der Waals surface area (Å²) in [5.41, 5.74) is 0. The molecule has 17 heavy (non-hydrogen) atoms. The van der Waals surface area contributed by atoms with Gasteiger partial charge in [0.05, 0.1) is 7.11 Å².